The summed E-state index contributed by atoms with van der Waals surface area (Å²) in [5, 5.41) is 21.2. The number of hydrogen-bond acceptors (Lipinski definition) is 9. The topological polar surface area (TPSA) is 108 Å². The predicted octanol–water partition coefficient (Wildman–Crippen LogP) is 3.32. The van der Waals surface area contributed by atoms with Crippen molar-refractivity contribution in [2.45, 2.75) is 38.9 Å². The lowest BCUT2D eigenvalue weighted by molar-refractivity contribution is 0.0305. The molecule has 9 heteroatoms. The number of thiazole rings is 1. The molecule has 1 aromatic carbocycles. The summed E-state index contributed by atoms with van der Waals surface area (Å²) in [6.07, 6.45) is 5.17. The van der Waals surface area contributed by atoms with Gasteiger partial charge in [-0.15, -0.1) is 11.3 Å². The van der Waals surface area contributed by atoms with Crippen molar-refractivity contribution in [2.24, 2.45) is 0 Å². The Morgan fingerprint density at radius 1 is 1.06 bits per heavy atom. The molecule has 0 saturated carbocycles. The standard InChI is InChI=1S/C23H24N6O2S/c1-13-27-17-8-14(15-9-25-21(26-10-15)22(2,3)30)7-16(19(17)32-13)20-24-6-5-18(28-20)29-11-23(4,31)12-29/h5-10,30-31H,11-12H2,1-4H3. The molecule has 3 aromatic heterocycles. The molecule has 8 nitrogen and oxygen atoms in total. The van der Waals surface area contributed by atoms with E-state index >= 15 is 0 Å². The average molecular weight is 449 g/mol. The first kappa shape index (κ1) is 20.9. The van der Waals surface area contributed by atoms with Crippen molar-refractivity contribution in [3.63, 3.8) is 0 Å². The Morgan fingerprint density at radius 3 is 2.44 bits per heavy atom. The van der Waals surface area contributed by atoms with Crippen molar-refractivity contribution in [2.75, 3.05) is 18.0 Å². The Bertz CT molecular complexity index is 1300. The van der Waals surface area contributed by atoms with Gasteiger partial charge in [-0.3, -0.25) is 0 Å². The number of aryl methyl sites for hydroxylation is 1. The van der Waals surface area contributed by atoms with Gasteiger partial charge in [0.15, 0.2) is 11.6 Å². The zero-order valence-corrected chi connectivity index (χ0v) is 19.2. The molecular weight excluding hydrogens is 424 g/mol. The number of β-amino-alcohol motifs (C(OH)–C–C–N with tert-alkyl or cyclic N) is 1. The number of aliphatic hydroxyl groups is 2. The SMILES string of the molecule is Cc1nc2cc(-c3cnc(C(C)(C)O)nc3)cc(-c3nccc(N4CC(C)(O)C4)n3)c2s1. The molecule has 1 aliphatic rings. The fourth-order valence-corrected chi connectivity index (χ4v) is 4.77. The Kier molecular flexibility index (Phi) is 4.74. The normalized spacial score (nSPS) is 15.8. The van der Waals surface area contributed by atoms with E-state index in [-0.39, 0.29) is 0 Å². The minimum atomic E-state index is -1.10. The van der Waals surface area contributed by atoms with Gasteiger partial charge in [0, 0.05) is 42.8 Å². The maximum Gasteiger partial charge on any atom is 0.163 e. The zero-order chi connectivity index (χ0) is 22.7. The number of benzene rings is 1. The summed E-state index contributed by atoms with van der Waals surface area (Å²) in [6.45, 7) is 8.21. The molecule has 1 aliphatic heterocycles. The van der Waals surface area contributed by atoms with Gasteiger partial charge in [-0.25, -0.2) is 24.9 Å². The van der Waals surface area contributed by atoms with E-state index in [1.165, 1.54) is 0 Å². The van der Waals surface area contributed by atoms with Gasteiger partial charge in [0.2, 0.25) is 0 Å². The van der Waals surface area contributed by atoms with Crippen LogP contribution in [0.3, 0.4) is 0 Å². The van der Waals surface area contributed by atoms with E-state index in [1.54, 1.807) is 43.8 Å². The van der Waals surface area contributed by atoms with Crippen LogP contribution in [0.2, 0.25) is 0 Å². The predicted molar refractivity (Wildman–Crippen MR) is 124 cm³/mol. The highest BCUT2D eigenvalue weighted by molar-refractivity contribution is 7.19. The highest BCUT2D eigenvalue weighted by Crippen LogP contribution is 2.36. The van der Waals surface area contributed by atoms with E-state index in [4.69, 9.17) is 4.98 Å². The monoisotopic (exact) mass is 448 g/mol. The van der Waals surface area contributed by atoms with Crippen LogP contribution >= 0.6 is 11.3 Å². The van der Waals surface area contributed by atoms with Crippen LogP contribution in [0.25, 0.3) is 32.7 Å². The number of rotatable bonds is 4. The number of anilines is 1. The van der Waals surface area contributed by atoms with Gasteiger partial charge in [0.25, 0.3) is 0 Å². The number of fused-ring (bicyclic) bond motifs is 1. The molecule has 0 amide bonds. The number of hydrogen-bond donors (Lipinski definition) is 2. The second-order valence-electron chi connectivity index (χ2n) is 9.05. The van der Waals surface area contributed by atoms with Crippen LogP contribution in [0.4, 0.5) is 5.82 Å². The largest absolute Gasteiger partial charge is 0.386 e. The third kappa shape index (κ3) is 3.83. The van der Waals surface area contributed by atoms with Crippen molar-refractivity contribution in [3.05, 3.63) is 47.6 Å². The van der Waals surface area contributed by atoms with Gasteiger partial charge >= 0.3 is 0 Å². The van der Waals surface area contributed by atoms with Crippen LogP contribution in [-0.2, 0) is 5.60 Å². The summed E-state index contributed by atoms with van der Waals surface area (Å²) < 4.78 is 1.02. The van der Waals surface area contributed by atoms with Crippen LogP contribution in [0.15, 0.2) is 36.8 Å². The van der Waals surface area contributed by atoms with Crippen LogP contribution < -0.4 is 4.90 Å². The first-order valence-corrected chi connectivity index (χ1v) is 11.2. The highest BCUT2D eigenvalue weighted by Gasteiger charge is 2.37. The summed E-state index contributed by atoms with van der Waals surface area (Å²) in [4.78, 5) is 24.7. The minimum Gasteiger partial charge on any atom is -0.386 e. The van der Waals surface area contributed by atoms with Crippen molar-refractivity contribution in [3.8, 4) is 22.5 Å². The summed E-state index contributed by atoms with van der Waals surface area (Å²) in [7, 11) is 0. The van der Waals surface area contributed by atoms with Gasteiger partial charge in [-0.1, -0.05) is 0 Å². The molecule has 0 aliphatic carbocycles. The van der Waals surface area contributed by atoms with Crippen molar-refractivity contribution < 1.29 is 10.2 Å². The molecular formula is C23H24N6O2S. The minimum absolute atomic E-state index is 0.369. The van der Waals surface area contributed by atoms with Gasteiger partial charge in [0.1, 0.15) is 11.4 Å². The maximum absolute atomic E-state index is 10.1. The first-order valence-electron chi connectivity index (χ1n) is 10.4. The zero-order valence-electron chi connectivity index (χ0n) is 18.4. The lowest BCUT2D eigenvalue weighted by Gasteiger charge is -2.44. The summed E-state index contributed by atoms with van der Waals surface area (Å²) in [5.74, 6) is 1.77. The molecule has 4 aromatic rings. The molecule has 2 N–H and O–H groups in total. The maximum atomic E-state index is 10.1. The van der Waals surface area contributed by atoms with Crippen molar-refractivity contribution in [1.82, 2.24) is 24.9 Å². The molecule has 0 radical (unpaired) electrons. The molecule has 4 heterocycles. The summed E-state index contributed by atoms with van der Waals surface area (Å²) in [5.41, 5.74) is 1.71. The Morgan fingerprint density at radius 2 is 1.78 bits per heavy atom. The summed E-state index contributed by atoms with van der Waals surface area (Å²) in [6, 6.07) is 5.91. The van der Waals surface area contributed by atoms with E-state index in [0.717, 1.165) is 37.7 Å². The van der Waals surface area contributed by atoms with E-state index < -0.39 is 11.2 Å². The molecule has 1 saturated heterocycles. The van der Waals surface area contributed by atoms with Crippen LogP contribution in [-0.4, -0.2) is 53.8 Å². The number of aromatic nitrogens is 5. The first-order chi connectivity index (χ1) is 15.1. The quantitative estimate of drug-likeness (QED) is 0.490. The Hall–Kier alpha value is -3.01. The van der Waals surface area contributed by atoms with E-state index in [2.05, 4.69) is 19.9 Å². The van der Waals surface area contributed by atoms with Crippen LogP contribution in [0, 0.1) is 6.92 Å². The van der Waals surface area contributed by atoms with Gasteiger partial charge in [-0.05, 0) is 51.5 Å². The summed E-state index contributed by atoms with van der Waals surface area (Å²) >= 11 is 1.61. The molecule has 0 atom stereocenters. The second kappa shape index (κ2) is 7.26. The highest BCUT2D eigenvalue weighted by atomic mass is 32.1. The smallest absolute Gasteiger partial charge is 0.163 e. The van der Waals surface area contributed by atoms with Crippen molar-refractivity contribution in [1.29, 1.82) is 0 Å². The Balaban J connectivity index is 1.59. The molecule has 164 valence electrons. The third-order valence-corrected chi connectivity index (χ3v) is 6.42. The van der Waals surface area contributed by atoms with Gasteiger partial charge in [0.05, 0.1) is 20.8 Å². The van der Waals surface area contributed by atoms with E-state index in [1.807, 2.05) is 36.9 Å². The molecule has 1 fully saturated rings. The molecule has 5 rings (SSSR count). The fourth-order valence-electron chi connectivity index (χ4n) is 3.86. The van der Waals surface area contributed by atoms with E-state index in [0.29, 0.717) is 24.7 Å². The lowest BCUT2D eigenvalue weighted by atomic mass is 9.97. The van der Waals surface area contributed by atoms with Crippen molar-refractivity contribution >= 4 is 27.4 Å². The fraction of sp³-hybridized carbons (Fsp3) is 0.348. The van der Waals surface area contributed by atoms with Gasteiger partial charge < -0.3 is 15.1 Å². The Labute approximate surface area is 189 Å². The second-order valence-corrected chi connectivity index (χ2v) is 10.3. The van der Waals surface area contributed by atoms with Gasteiger partial charge in [-0.2, -0.15) is 0 Å². The number of nitrogens with zero attached hydrogens (tertiary/aromatic N) is 6. The molecule has 0 bridgehead atoms. The lowest BCUT2D eigenvalue weighted by Crippen LogP contribution is -2.60. The average Bonchev–Trinajstić information content (AvgIpc) is 3.11. The molecule has 0 unspecified atom stereocenters. The van der Waals surface area contributed by atoms with Crippen LogP contribution in [0.1, 0.15) is 31.6 Å². The molecule has 0 spiro atoms. The van der Waals surface area contributed by atoms with Crippen LogP contribution in [0.5, 0.6) is 0 Å². The third-order valence-electron chi connectivity index (χ3n) is 5.40. The molecule has 32 heavy (non-hydrogen) atoms. The van der Waals surface area contributed by atoms with E-state index in [9.17, 15) is 10.2 Å².